The van der Waals surface area contributed by atoms with Gasteiger partial charge in [-0.25, -0.2) is 4.79 Å². The summed E-state index contributed by atoms with van der Waals surface area (Å²) in [6, 6.07) is -6.00. The monoisotopic (exact) mass is 570 g/mol. The first-order valence-electron chi connectivity index (χ1n) is 13.2. The second-order valence-electron chi connectivity index (χ2n) is 10.7. The number of carboxylic acid groups (broad SMARTS) is 2. The molecule has 5 amide bonds. The topological polar surface area (TPSA) is 251 Å². The number of primary amides is 1. The third kappa shape index (κ3) is 10.8. The number of nitrogens with zero attached hydrogens (tertiary/aromatic N) is 1. The van der Waals surface area contributed by atoms with E-state index in [9.17, 15) is 38.7 Å². The largest absolute Gasteiger partial charge is 0.481 e. The van der Waals surface area contributed by atoms with Crippen molar-refractivity contribution >= 4 is 41.5 Å². The molecule has 1 heterocycles. The van der Waals surface area contributed by atoms with Crippen LogP contribution in [0.1, 0.15) is 66.2 Å². The van der Waals surface area contributed by atoms with Gasteiger partial charge < -0.3 is 42.5 Å². The number of aliphatic carboxylic acids is 2. The summed E-state index contributed by atoms with van der Waals surface area (Å²) in [4.78, 5) is 87.4. The summed E-state index contributed by atoms with van der Waals surface area (Å²) in [7, 11) is 0. The van der Waals surface area contributed by atoms with Gasteiger partial charge in [0.2, 0.25) is 29.5 Å². The molecule has 0 aromatic rings. The molecule has 1 rings (SSSR count). The van der Waals surface area contributed by atoms with Crippen molar-refractivity contribution in [3.63, 3.8) is 0 Å². The Morgan fingerprint density at radius 3 is 1.98 bits per heavy atom. The summed E-state index contributed by atoms with van der Waals surface area (Å²) in [5, 5.41) is 25.3. The fourth-order valence-electron chi connectivity index (χ4n) is 4.23. The van der Waals surface area contributed by atoms with E-state index in [1.54, 1.807) is 27.7 Å². The van der Waals surface area contributed by atoms with E-state index >= 15 is 0 Å². The summed E-state index contributed by atoms with van der Waals surface area (Å²) < 4.78 is 0. The maximum atomic E-state index is 13.2. The first kappa shape index (κ1) is 34.3. The molecule has 9 N–H and O–H groups in total. The number of rotatable bonds is 16. The highest BCUT2D eigenvalue weighted by Crippen LogP contribution is 2.20. The molecule has 5 atom stereocenters. The molecule has 0 aliphatic carbocycles. The van der Waals surface area contributed by atoms with Crippen LogP contribution >= 0.6 is 0 Å². The molecule has 0 spiro atoms. The van der Waals surface area contributed by atoms with Gasteiger partial charge in [-0.15, -0.1) is 0 Å². The molecule has 40 heavy (non-hydrogen) atoms. The fourth-order valence-corrected chi connectivity index (χ4v) is 4.23. The van der Waals surface area contributed by atoms with Gasteiger partial charge in [0.1, 0.15) is 24.2 Å². The number of amides is 5. The number of carboxylic acids is 2. The van der Waals surface area contributed by atoms with Crippen LogP contribution in [0.3, 0.4) is 0 Å². The van der Waals surface area contributed by atoms with Crippen LogP contribution in [-0.4, -0.2) is 93.3 Å². The van der Waals surface area contributed by atoms with Crippen LogP contribution in [0.2, 0.25) is 0 Å². The van der Waals surface area contributed by atoms with Gasteiger partial charge in [-0.3, -0.25) is 28.8 Å². The highest BCUT2D eigenvalue weighted by Gasteiger charge is 2.39. The summed E-state index contributed by atoms with van der Waals surface area (Å²) in [6.45, 7) is 7.35. The van der Waals surface area contributed by atoms with Crippen molar-refractivity contribution in [3.05, 3.63) is 0 Å². The standard InChI is InChI=1S/C25H42N6O9/c1-12(2)10-15(21(35)28-14(25(39)40)7-8-19(33)34)29-22(36)16(11-18(26)32)30-23(37)17-6-5-9-31(17)24(38)20(27)13(3)4/h12-17,20H,5-11,27H2,1-4H3,(H2,26,32)(H,28,35)(H,29,36)(H,30,37)(H,33,34)(H,39,40)/t14-,15-,16-,17-,20-/m0/s1. The summed E-state index contributed by atoms with van der Waals surface area (Å²) in [5.41, 5.74) is 11.3. The number of carbonyl (C=O) groups excluding carboxylic acids is 5. The van der Waals surface area contributed by atoms with Gasteiger partial charge in [-0.2, -0.15) is 0 Å². The first-order valence-corrected chi connectivity index (χ1v) is 13.2. The Bertz CT molecular complexity index is 970. The molecule has 0 radical (unpaired) electrons. The lowest BCUT2D eigenvalue weighted by atomic mass is 10.0. The van der Waals surface area contributed by atoms with Crippen molar-refractivity contribution in [2.24, 2.45) is 23.3 Å². The zero-order valence-electron chi connectivity index (χ0n) is 23.3. The molecule has 15 nitrogen and oxygen atoms in total. The Kier molecular flexibility index (Phi) is 13.5. The average molecular weight is 571 g/mol. The van der Waals surface area contributed by atoms with Crippen LogP contribution in [0.25, 0.3) is 0 Å². The number of hydrogen-bond donors (Lipinski definition) is 7. The third-order valence-electron chi connectivity index (χ3n) is 6.48. The van der Waals surface area contributed by atoms with Crippen LogP contribution in [-0.2, 0) is 33.6 Å². The Labute approximate surface area is 232 Å². The number of hydrogen-bond acceptors (Lipinski definition) is 8. The maximum Gasteiger partial charge on any atom is 0.326 e. The lowest BCUT2D eigenvalue weighted by molar-refractivity contribution is -0.143. The molecule has 0 unspecified atom stereocenters. The quantitative estimate of drug-likeness (QED) is 0.111. The molecule has 1 fully saturated rings. The molecule has 0 aromatic heterocycles. The van der Waals surface area contributed by atoms with Crippen molar-refractivity contribution in [1.29, 1.82) is 0 Å². The van der Waals surface area contributed by atoms with E-state index in [1.807, 2.05) is 0 Å². The van der Waals surface area contributed by atoms with Crippen LogP contribution < -0.4 is 27.4 Å². The van der Waals surface area contributed by atoms with E-state index in [0.717, 1.165) is 0 Å². The Balaban J connectivity index is 3.07. The van der Waals surface area contributed by atoms with Gasteiger partial charge in [0.15, 0.2) is 0 Å². The zero-order chi connectivity index (χ0) is 30.7. The van der Waals surface area contributed by atoms with Crippen molar-refractivity contribution in [2.75, 3.05) is 6.54 Å². The van der Waals surface area contributed by atoms with Crippen LogP contribution in [0.5, 0.6) is 0 Å². The van der Waals surface area contributed by atoms with Gasteiger partial charge in [0, 0.05) is 13.0 Å². The first-order chi connectivity index (χ1) is 18.5. The number of carbonyl (C=O) groups is 7. The van der Waals surface area contributed by atoms with Crippen molar-refractivity contribution in [3.8, 4) is 0 Å². The second kappa shape index (κ2) is 15.7. The van der Waals surface area contributed by atoms with Crippen molar-refractivity contribution < 1.29 is 43.8 Å². The van der Waals surface area contributed by atoms with Gasteiger partial charge in [-0.05, 0) is 37.5 Å². The molecule has 1 aliphatic rings. The Hall–Kier alpha value is -3.75. The summed E-state index contributed by atoms with van der Waals surface area (Å²) in [5.74, 6) is -6.81. The number of likely N-dealkylation sites (tertiary alicyclic amines) is 1. The highest BCUT2D eigenvalue weighted by molar-refractivity contribution is 5.97. The molecule has 1 aliphatic heterocycles. The predicted molar refractivity (Wildman–Crippen MR) is 141 cm³/mol. The van der Waals surface area contributed by atoms with E-state index in [-0.39, 0.29) is 24.7 Å². The van der Waals surface area contributed by atoms with Crippen LogP contribution in [0.15, 0.2) is 0 Å². The Morgan fingerprint density at radius 1 is 0.900 bits per heavy atom. The maximum absolute atomic E-state index is 13.2. The number of nitrogens with two attached hydrogens (primary N) is 2. The molecule has 0 aromatic carbocycles. The van der Waals surface area contributed by atoms with Gasteiger partial charge in [0.25, 0.3) is 0 Å². The van der Waals surface area contributed by atoms with Crippen LogP contribution in [0, 0.1) is 11.8 Å². The molecule has 0 saturated carbocycles. The molecule has 226 valence electrons. The van der Waals surface area contributed by atoms with Gasteiger partial charge in [-0.1, -0.05) is 27.7 Å². The van der Waals surface area contributed by atoms with Crippen LogP contribution in [0.4, 0.5) is 0 Å². The van der Waals surface area contributed by atoms with E-state index in [0.29, 0.717) is 19.4 Å². The smallest absolute Gasteiger partial charge is 0.326 e. The Morgan fingerprint density at radius 2 is 1.48 bits per heavy atom. The fraction of sp³-hybridized carbons (Fsp3) is 0.720. The lowest BCUT2D eigenvalue weighted by Crippen LogP contribution is -2.59. The average Bonchev–Trinajstić information content (AvgIpc) is 3.33. The number of nitrogens with one attached hydrogen (secondary N) is 3. The minimum absolute atomic E-state index is 0.0675. The zero-order valence-corrected chi connectivity index (χ0v) is 23.3. The van der Waals surface area contributed by atoms with Gasteiger partial charge >= 0.3 is 11.9 Å². The third-order valence-corrected chi connectivity index (χ3v) is 6.48. The predicted octanol–water partition coefficient (Wildman–Crippen LogP) is -1.71. The molecule has 1 saturated heterocycles. The molecular weight excluding hydrogens is 528 g/mol. The summed E-state index contributed by atoms with van der Waals surface area (Å²) in [6.07, 6.45) is -0.568. The lowest BCUT2D eigenvalue weighted by Gasteiger charge is -2.29. The highest BCUT2D eigenvalue weighted by atomic mass is 16.4. The van der Waals surface area contributed by atoms with E-state index < -0.39 is 84.5 Å². The SMILES string of the molecule is CC(C)C[C@H](NC(=O)[C@H](CC(N)=O)NC(=O)[C@@H]1CCCN1C(=O)[C@@H](N)C(C)C)C(=O)N[C@@H](CCC(=O)O)C(=O)O. The second-order valence-corrected chi connectivity index (χ2v) is 10.7. The van der Waals surface area contributed by atoms with Crippen molar-refractivity contribution in [1.82, 2.24) is 20.9 Å². The molecular formula is C25H42N6O9. The minimum atomic E-state index is -1.51. The summed E-state index contributed by atoms with van der Waals surface area (Å²) >= 11 is 0. The minimum Gasteiger partial charge on any atom is -0.481 e. The van der Waals surface area contributed by atoms with Gasteiger partial charge in [0.05, 0.1) is 12.5 Å². The molecule has 15 heteroatoms. The normalized spacial score (nSPS) is 18.0. The van der Waals surface area contributed by atoms with Crippen molar-refractivity contribution in [2.45, 2.75) is 96.4 Å². The van der Waals surface area contributed by atoms with E-state index in [4.69, 9.17) is 16.6 Å². The van der Waals surface area contributed by atoms with E-state index in [2.05, 4.69) is 16.0 Å². The van der Waals surface area contributed by atoms with E-state index in [1.165, 1.54) is 4.90 Å². The molecule has 0 bridgehead atoms.